The molecule has 2 saturated heterocycles. The fraction of sp³-hybridized carbons (Fsp3) is 0.440. The fourth-order valence-electron chi connectivity index (χ4n) is 5.19. The van der Waals surface area contributed by atoms with Gasteiger partial charge in [-0.3, -0.25) is 4.79 Å². The summed E-state index contributed by atoms with van der Waals surface area (Å²) in [5.74, 6) is 0.903. The Bertz CT molecular complexity index is 1480. The molecule has 1 amide bonds. The highest BCUT2D eigenvalue weighted by Gasteiger charge is 2.46. The number of nitrogens with zero attached hydrogens (tertiary/aromatic N) is 8. The number of nitriles is 2. The van der Waals surface area contributed by atoms with Crippen LogP contribution in [0.1, 0.15) is 43.9 Å². The Labute approximate surface area is 218 Å². The van der Waals surface area contributed by atoms with Crippen LogP contribution in [-0.2, 0) is 4.79 Å². The minimum Gasteiger partial charge on any atom is -0.369 e. The molecule has 4 heterocycles. The molecule has 3 aliphatic rings. The SMILES string of the molecule is CC(=O)N1CCC2(CC1)CN(c1cc(C#N)cc(Nc3nc(NC4CC4)c4ncc(C#N)n4n3)c1Cl)C2. The Balaban J connectivity index is 1.28. The largest absolute Gasteiger partial charge is 0.369 e. The van der Waals surface area contributed by atoms with Crippen molar-refractivity contribution in [2.75, 3.05) is 41.7 Å². The van der Waals surface area contributed by atoms with E-state index in [0.29, 0.717) is 39.5 Å². The Morgan fingerprint density at radius 3 is 2.59 bits per heavy atom. The van der Waals surface area contributed by atoms with E-state index in [1.807, 2.05) is 4.90 Å². The maximum atomic E-state index is 11.7. The molecule has 0 bridgehead atoms. The second-order valence-electron chi connectivity index (χ2n) is 10.1. The van der Waals surface area contributed by atoms with E-state index in [1.165, 1.54) is 10.7 Å². The molecule has 6 rings (SSSR count). The number of nitrogens with one attached hydrogen (secondary N) is 2. The van der Waals surface area contributed by atoms with Gasteiger partial charge in [-0.25, -0.2) is 4.98 Å². The van der Waals surface area contributed by atoms with Gasteiger partial charge in [0.15, 0.2) is 17.2 Å². The van der Waals surface area contributed by atoms with Crippen LogP contribution in [0.25, 0.3) is 5.65 Å². The van der Waals surface area contributed by atoms with Crippen LogP contribution < -0.4 is 15.5 Å². The van der Waals surface area contributed by atoms with E-state index in [0.717, 1.165) is 57.5 Å². The summed E-state index contributed by atoms with van der Waals surface area (Å²) in [5, 5.41) is 30.7. The molecule has 3 fully saturated rings. The van der Waals surface area contributed by atoms with E-state index in [1.54, 1.807) is 19.1 Å². The molecule has 0 radical (unpaired) electrons. The summed E-state index contributed by atoms with van der Waals surface area (Å²) in [7, 11) is 0. The van der Waals surface area contributed by atoms with Crippen molar-refractivity contribution < 1.29 is 4.79 Å². The molecule has 1 saturated carbocycles. The second-order valence-corrected chi connectivity index (χ2v) is 10.5. The molecule has 0 atom stereocenters. The summed E-state index contributed by atoms with van der Waals surface area (Å²) in [6, 6.07) is 8.13. The molecule has 188 valence electrons. The van der Waals surface area contributed by atoms with Crippen LogP contribution in [0.2, 0.25) is 5.02 Å². The average molecular weight is 517 g/mol. The van der Waals surface area contributed by atoms with E-state index in [2.05, 4.69) is 42.7 Å². The maximum Gasteiger partial charge on any atom is 0.247 e. The van der Waals surface area contributed by atoms with Gasteiger partial charge in [0, 0.05) is 44.6 Å². The van der Waals surface area contributed by atoms with Gasteiger partial charge in [-0.2, -0.15) is 20.0 Å². The number of imidazole rings is 1. The number of carbonyl (C=O) groups excluding carboxylic acids is 1. The molecular formula is C25H25ClN10O. The van der Waals surface area contributed by atoms with Crippen molar-refractivity contribution >= 4 is 46.3 Å². The summed E-state index contributed by atoms with van der Waals surface area (Å²) >= 11 is 6.87. The summed E-state index contributed by atoms with van der Waals surface area (Å²) in [5.41, 5.74) is 2.69. The van der Waals surface area contributed by atoms with Crippen LogP contribution in [-0.4, -0.2) is 62.6 Å². The molecule has 37 heavy (non-hydrogen) atoms. The lowest BCUT2D eigenvalue weighted by Crippen LogP contribution is -2.61. The number of likely N-dealkylation sites (tertiary alicyclic amines) is 1. The van der Waals surface area contributed by atoms with Gasteiger partial charge in [0.1, 0.15) is 6.07 Å². The van der Waals surface area contributed by atoms with Crippen molar-refractivity contribution in [2.24, 2.45) is 5.41 Å². The van der Waals surface area contributed by atoms with Crippen molar-refractivity contribution in [1.29, 1.82) is 10.5 Å². The van der Waals surface area contributed by atoms with Crippen LogP contribution in [0.3, 0.4) is 0 Å². The molecule has 2 aromatic heterocycles. The standard InChI is InChI=1S/C25H25ClN10O/c1-15(37)34-6-4-25(5-7-34)13-35(14-25)20-9-16(10-27)8-19(21(20)26)31-24-32-22(30-17-2-3-17)23-29-12-18(11-28)36(23)33-24/h8-9,12,17H,2-7,13-14H2,1H3,(H2,30,31,32,33). The minimum atomic E-state index is 0.125. The Kier molecular flexibility index (Phi) is 5.54. The molecule has 0 unspecified atom stereocenters. The van der Waals surface area contributed by atoms with Gasteiger partial charge < -0.3 is 20.4 Å². The summed E-state index contributed by atoms with van der Waals surface area (Å²) in [6.45, 7) is 4.82. The number of aromatic nitrogens is 4. The first kappa shape index (κ1) is 23.3. The smallest absolute Gasteiger partial charge is 0.247 e. The van der Waals surface area contributed by atoms with Crippen molar-refractivity contribution in [1.82, 2.24) is 24.5 Å². The van der Waals surface area contributed by atoms with E-state index >= 15 is 0 Å². The lowest BCUT2D eigenvalue weighted by molar-refractivity contribution is -0.131. The number of benzene rings is 1. The zero-order chi connectivity index (χ0) is 25.7. The first-order valence-electron chi connectivity index (χ1n) is 12.3. The number of fused-ring (bicyclic) bond motifs is 1. The highest BCUT2D eigenvalue weighted by molar-refractivity contribution is 6.36. The third kappa shape index (κ3) is 4.25. The van der Waals surface area contributed by atoms with Crippen molar-refractivity contribution in [3.8, 4) is 12.1 Å². The van der Waals surface area contributed by atoms with Crippen LogP contribution in [0.5, 0.6) is 0 Å². The number of hydrogen-bond donors (Lipinski definition) is 2. The van der Waals surface area contributed by atoms with E-state index in [-0.39, 0.29) is 17.3 Å². The predicted octanol–water partition coefficient (Wildman–Crippen LogP) is 3.29. The van der Waals surface area contributed by atoms with Crippen LogP contribution in [0.15, 0.2) is 18.3 Å². The maximum absolute atomic E-state index is 11.7. The zero-order valence-electron chi connectivity index (χ0n) is 20.3. The lowest BCUT2D eigenvalue weighted by atomic mass is 9.71. The minimum absolute atomic E-state index is 0.125. The van der Waals surface area contributed by atoms with E-state index in [4.69, 9.17) is 11.6 Å². The molecule has 1 aromatic carbocycles. The van der Waals surface area contributed by atoms with Gasteiger partial charge in [0.2, 0.25) is 11.9 Å². The highest BCUT2D eigenvalue weighted by atomic mass is 35.5. The topological polar surface area (TPSA) is 138 Å². The van der Waals surface area contributed by atoms with Crippen LogP contribution in [0.4, 0.5) is 23.1 Å². The first-order chi connectivity index (χ1) is 17.9. The molecule has 11 nitrogen and oxygen atoms in total. The first-order valence-corrected chi connectivity index (χ1v) is 12.7. The van der Waals surface area contributed by atoms with Crippen molar-refractivity contribution in [3.05, 3.63) is 34.6 Å². The van der Waals surface area contributed by atoms with E-state index in [9.17, 15) is 15.3 Å². The Morgan fingerprint density at radius 1 is 1.19 bits per heavy atom. The van der Waals surface area contributed by atoms with Gasteiger partial charge >= 0.3 is 0 Å². The summed E-state index contributed by atoms with van der Waals surface area (Å²) < 4.78 is 1.45. The monoisotopic (exact) mass is 516 g/mol. The van der Waals surface area contributed by atoms with Crippen molar-refractivity contribution in [2.45, 2.75) is 38.6 Å². The van der Waals surface area contributed by atoms with Gasteiger partial charge in [-0.05, 0) is 37.8 Å². The molecule has 2 N–H and O–H groups in total. The van der Waals surface area contributed by atoms with Gasteiger partial charge in [-0.1, -0.05) is 11.6 Å². The normalized spacial score (nSPS) is 18.3. The number of anilines is 4. The van der Waals surface area contributed by atoms with Crippen molar-refractivity contribution in [3.63, 3.8) is 0 Å². The lowest BCUT2D eigenvalue weighted by Gasteiger charge is -2.55. The number of halogens is 1. The van der Waals surface area contributed by atoms with Crippen LogP contribution in [0, 0.1) is 28.1 Å². The van der Waals surface area contributed by atoms with E-state index < -0.39 is 0 Å². The molecule has 3 aromatic rings. The number of hydrogen-bond acceptors (Lipinski definition) is 9. The molecule has 12 heteroatoms. The Hall–Kier alpha value is -4.09. The number of carbonyl (C=O) groups is 1. The Morgan fingerprint density at radius 2 is 1.95 bits per heavy atom. The predicted molar refractivity (Wildman–Crippen MR) is 138 cm³/mol. The molecule has 1 aliphatic carbocycles. The van der Waals surface area contributed by atoms with Gasteiger partial charge in [-0.15, -0.1) is 5.10 Å². The van der Waals surface area contributed by atoms with Gasteiger partial charge in [0.25, 0.3) is 0 Å². The summed E-state index contributed by atoms with van der Waals surface area (Å²) in [6.07, 6.45) is 5.48. The number of amides is 1. The molecule has 2 aliphatic heterocycles. The van der Waals surface area contributed by atoms with Gasteiger partial charge in [0.05, 0.1) is 34.2 Å². The third-order valence-corrected chi connectivity index (χ3v) is 7.88. The average Bonchev–Trinajstić information content (AvgIpc) is 3.59. The number of piperidine rings is 1. The molecule has 1 spiro atoms. The number of rotatable bonds is 5. The molecular weight excluding hydrogens is 492 g/mol. The fourth-order valence-corrected chi connectivity index (χ4v) is 5.47. The third-order valence-electron chi connectivity index (χ3n) is 7.49. The van der Waals surface area contributed by atoms with Crippen LogP contribution >= 0.6 is 11.6 Å². The second kappa shape index (κ2) is 8.79. The zero-order valence-corrected chi connectivity index (χ0v) is 21.1. The summed E-state index contributed by atoms with van der Waals surface area (Å²) in [4.78, 5) is 24.7. The highest BCUT2D eigenvalue weighted by Crippen LogP contribution is 2.46. The quantitative estimate of drug-likeness (QED) is 0.523.